The summed E-state index contributed by atoms with van der Waals surface area (Å²) in [6.45, 7) is 1.96. The Bertz CT molecular complexity index is 1100. The molecule has 8 heteroatoms. The van der Waals surface area contributed by atoms with E-state index in [-0.39, 0.29) is 17.8 Å². The largest absolute Gasteiger partial charge is 0.341 e. The van der Waals surface area contributed by atoms with Crippen LogP contribution in [0.2, 0.25) is 5.02 Å². The molecule has 5 rings (SSSR count). The van der Waals surface area contributed by atoms with Gasteiger partial charge in [0, 0.05) is 23.7 Å². The number of halogens is 3. The summed E-state index contributed by atoms with van der Waals surface area (Å²) in [5, 5.41) is 9.20. The Morgan fingerprint density at radius 2 is 1.69 bits per heavy atom. The molecular weight excluding hydrogens is 396 g/mol. The molecule has 1 aromatic heterocycles. The van der Waals surface area contributed by atoms with Crippen molar-refractivity contribution in [1.82, 2.24) is 14.8 Å². The summed E-state index contributed by atoms with van der Waals surface area (Å²) in [6, 6.07) is 9.08. The smallest absolute Gasteiger partial charge is 0.231 e. The van der Waals surface area contributed by atoms with Gasteiger partial charge < -0.3 is 4.90 Å². The highest BCUT2D eigenvalue weighted by Gasteiger charge is 2.28. The van der Waals surface area contributed by atoms with E-state index in [2.05, 4.69) is 20.1 Å². The Morgan fingerprint density at radius 1 is 0.931 bits per heavy atom. The van der Waals surface area contributed by atoms with Crippen LogP contribution in [0, 0.1) is 11.6 Å². The van der Waals surface area contributed by atoms with Gasteiger partial charge in [-0.2, -0.15) is 0 Å². The van der Waals surface area contributed by atoms with Crippen LogP contribution in [0.25, 0.3) is 5.69 Å². The van der Waals surface area contributed by atoms with Crippen LogP contribution >= 0.6 is 11.6 Å². The Labute approximate surface area is 171 Å². The normalized spacial score (nSPS) is 16.1. The molecule has 3 aromatic rings. The second-order valence-corrected chi connectivity index (χ2v) is 7.66. The van der Waals surface area contributed by atoms with Crippen LogP contribution in [-0.4, -0.2) is 33.6 Å². The number of hydrogen-bond acceptors (Lipinski definition) is 4. The average molecular weight is 414 g/mol. The summed E-state index contributed by atoms with van der Waals surface area (Å²) in [5.74, 6) is 0.0295. The summed E-state index contributed by atoms with van der Waals surface area (Å²) < 4.78 is 31.1. The van der Waals surface area contributed by atoms with Crippen LogP contribution in [0.5, 0.6) is 0 Å². The van der Waals surface area contributed by atoms with Gasteiger partial charge in [-0.1, -0.05) is 17.7 Å². The zero-order chi connectivity index (χ0) is 20.0. The average Bonchev–Trinajstić information content (AvgIpc) is 3.08. The Balaban J connectivity index is 1.72. The number of hydrogen-bond donors (Lipinski definition) is 0. The fourth-order valence-corrected chi connectivity index (χ4v) is 4.19. The van der Waals surface area contributed by atoms with Gasteiger partial charge in [-0.05, 0) is 49.6 Å². The van der Waals surface area contributed by atoms with Crippen molar-refractivity contribution in [3.8, 4) is 5.69 Å². The molecular formula is C21H18ClF2N5. The zero-order valence-corrected chi connectivity index (χ0v) is 16.3. The molecule has 2 aliphatic rings. The second kappa shape index (κ2) is 7.22. The van der Waals surface area contributed by atoms with Gasteiger partial charge in [-0.15, -0.1) is 10.2 Å². The van der Waals surface area contributed by atoms with E-state index < -0.39 is 11.6 Å². The molecule has 0 saturated carbocycles. The van der Waals surface area contributed by atoms with Crippen LogP contribution in [0.15, 0.2) is 41.4 Å². The van der Waals surface area contributed by atoms with Crippen molar-refractivity contribution in [3.63, 3.8) is 0 Å². The third kappa shape index (κ3) is 3.09. The number of benzene rings is 2. The predicted molar refractivity (Wildman–Crippen MR) is 108 cm³/mol. The maximum absolute atomic E-state index is 14.6. The number of piperidine rings is 1. The van der Waals surface area contributed by atoms with E-state index in [1.807, 2.05) is 10.6 Å². The van der Waals surface area contributed by atoms with Crippen LogP contribution in [0.3, 0.4) is 0 Å². The lowest BCUT2D eigenvalue weighted by Crippen LogP contribution is -2.32. The van der Waals surface area contributed by atoms with Crippen LogP contribution < -0.4 is 4.90 Å². The second-order valence-electron chi connectivity index (χ2n) is 7.22. The lowest BCUT2D eigenvalue weighted by Gasteiger charge is -2.28. The van der Waals surface area contributed by atoms with Gasteiger partial charge in [0.05, 0.1) is 17.0 Å². The molecule has 0 N–H and O–H groups in total. The number of aromatic nitrogens is 3. The molecule has 2 aliphatic heterocycles. The zero-order valence-electron chi connectivity index (χ0n) is 15.6. The quantitative estimate of drug-likeness (QED) is 0.619. The fraction of sp³-hybridized carbons (Fsp3) is 0.286. The molecule has 148 valence electrons. The lowest BCUT2D eigenvalue weighted by molar-refractivity contribution is 0.565. The molecule has 0 spiro atoms. The van der Waals surface area contributed by atoms with Gasteiger partial charge >= 0.3 is 0 Å². The van der Waals surface area contributed by atoms with Crippen LogP contribution in [-0.2, 0) is 6.54 Å². The minimum absolute atomic E-state index is 0.158. The van der Waals surface area contributed by atoms with Gasteiger partial charge in [0.25, 0.3) is 0 Å². The van der Waals surface area contributed by atoms with Crippen molar-refractivity contribution < 1.29 is 8.78 Å². The molecule has 0 unspecified atom stereocenters. The molecule has 1 fully saturated rings. The fourth-order valence-electron chi connectivity index (χ4n) is 4.02. The molecule has 0 amide bonds. The van der Waals surface area contributed by atoms with E-state index in [0.717, 1.165) is 31.9 Å². The van der Waals surface area contributed by atoms with Crippen molar-refractivity contribution in [1.29, 1.82) is 0 Å². The topological polar surface area (TPSA) is 46.3 Å². The number of anilines is 1. The maximum atomic E-state index is 14.6. The minimum atomic E-state index is -0.663. The third-order valence-corrected chi connectivity index (χ3v) is 5.62. The standard InChI is InChI=1S/C21H18ClF2N5/c22-13-7-8-17-14(11-13)20(19-15(23)5-4-6-16(19)24)25-12-18-26-27-21(29(17)18)28-9-2-1-3-10-28/h4-8,11H,1-3,9-10,12H2. The summed E-state index contributed by atoms with van der Waals surface area (Å²) in [6.07, 6.45) is 3.39. The van der Waals surface area contributed by atoms with E-state index >= 15 is 0 Å². The minimum Gasteiger partial charge on any atom is -0.341 e. The first-order valence-electron chi connectivity index (χ1n) is 9.62. The van der Waals surface area contributed by atoms with E-state index in [1.54, 1.807) is 12.1 Å². The monoisotopic (exact) mass is 413 g/mol. The molecule has 5 nitrogen and oxygen atoms in total. The molecule has 1 saturated heterocycles. The molecule has 2 aromatic carbocycles. The van der Waals surface area contributed by atoms with E-state index in [4.69, 9.17) is 11.6 Å². The van der Waals surface area contributed by atoms with Crippen LogP contribution in [0.1, 0.15) is 36.2 Å². The number of aliphatic imine (C=N–C) groups is 1. The predicted octanol–water partition coefficient (Wildman–Crippen LogP) is 4.54. The summed E-state index contributed by atoms with van der Waals surface area (Å²) in [5.41, 5.74) is 1.34. The Morgan fingerprint density at radius 3 is 2.45 bits per heavy atom. The molecule has 0 atom stereocenters. The summed E-state index contributed by atoms with van der Waals surface area (Å²) in [7, 11) is 0. The molecule has 0 radical (unpaired) electrons. The van der Waals surface area contributed by atoms with Crippen molar-refractivity contribution in [2.75, 3.05) is 18.0 Å². The van der Waals surface area contributed by atoms with Crippen molar-refractivity contribution >= 4 is 23.3 Å². The SMILES string of the molecule is Fc1cccc(F)c1C1=NCc2nnc(N3CCCCC3)n2-c2ccc(Cl)cc21. The molecule has 29 heavy (non-hydrogen) atoms. The highest BCUT2D eigenvalue weighted by atomic mass is 35.5. The first kappa shape index (κ1) is 18.2. The molecule has 0 aliphatic carbocycles. The molecule has 3 heterocycles. The van der Waals surface area contributed by atoms with Gasteiger partial charge in [0.2, 0.25) is 5.95 Å². The first-order valence-corrected chi connectivity index (χ1v) is 9.99. The first-order chi connectivity index (χ1) is 14.1. The van der Waals surface area contributed by atoms with E-state index in [9.17, 15) is 8.78 Å². The number of fused-ring (bicyclic) bond motifs is 3. The highest BCUT2D eigenvalue weighted by molar-refractivity contribution is 6.31. The van der Waals surface area contributed by atoms with Crippen molar-refractivity contribution in [2.45, 2.75) is 25.8 Å². The summed E-state index contributed by atoms with van der Waals surface area (Å²) >= 11 is 6.26. The number of nitrogens with zero attached hydrogens (tertiary/aromatic N) is 5. The van der Waals surface area contributed by atoms with Gasteiger partial charge in [-0.25, -0.2) is 8.78 Å². The maximum Gasteiger partial charge on any atom is 0.231 e. The molecule has 0 bridgehead atoms. The van der Waals surface area contributed by atoms with Crippen molar-refractivity contribution in [3.05, 3.63) is 70.0 Å². The highest BCUT2D eigenvalue weighted by Crippen LogP contribution is 2.32. The van der Waals surface area contributed by atoms with Gasteiger partial charge in [0.1, 0.15) is 18.2 Å². The van der Waals surface area contributed by atoms with Crippen molar-refractivity contribution in [2.24, 2.45) is 4.99 Å². The van der Waals surface area contributed by atoms with Gasteiger partial charge in [-0.3, -0.25) is 9.56 Å². The van der Waals surface area contributed by atoms with E-state index in [1.165, 1.54) is 24.6 Å². The van der Waals surface area contributed by atoms with Gasteiger partial charge in [0.15, 0.2) is 5.82 Å². The summed E-state index contributed by atoms with van der Waals surface area (Å²) in [4.78, 5) is 6.73. The lowest BCUT2D eigenvalue weighted by atomic mass is 9.99. The Kier molecular flexibility index (Phi) is 4.54. The third-order valence-electron chi connectivity index (χ3n) is 5.38. The van der Waals surface area contributed by atoms with Crippen LogP contribution in [0.4, 0.5) is 14.7 Å². The van der Waals surface area contributed by atoms with E-state index in [0.29, 0.717) is 22.1 Å². The number of rotatable bonds is 2. The Hall–Kier alpha value is -2.80.